The van der Waals surface area contributed by atoms with Gasteiger partial charge in [0.2, 0.25) is 5.91 Å². The Bertz CT molecular complexity index is 519. The van der Waals surface area contributed by atoms with Crippen molar-refractivity contribution >= 4 is 17.5 Å². The number of rotatable bonds is 4. The number of likely N-dealkylation sites (N-methyl/N-ethyl adjacent to an activating group) is 1. The average Bonchev–Trinajstić information content (AvgIpc) is 2.44. The third-order valence-corrected chi connectivity index (χ3v) is 3.28. The summed E-state index contributed by atoms with van der Waals surface area (Å²) in [4.78, 5) is 25.3. The standard InChI is InChI=1S/C15H21N3O3/c1-11(19)17-13-5-3-4-12(8-13)15(20)16-9-14-10-18(2)6-7-21-14/h3-5,8,14H,6-7,9-10H2,1-2H3,(H,16,20)(H,17,19). The second-order valence-electron chi connectivity index (χ2n) is 5.23. The first kappa shape index (κ1) is 15.5. The van der Waals surface area contributed by atoms with Gasteiger partial charge in [-0.2, -0.15) is 0 Å². The van der Waals surface area contributed by atoms with E-state index in [1.54, 1.807) is 24.3 Å². The molecule has 6 nitrogen and oxygen atoms in total. The minimum Gasteiger partial charge on any atom is -0.374 e. The molecule has 1 fully saturated rings. The van der Waals surface area contributed by atoms with Crippen LogP contribution in [0.25, 0.3) is 0 Å². The van der Waals surface area contributed by atoms with Crippen LogP contribution in [-0.2, 0) is 9.53 Å². The van der Waals surface area contributed by atoms with Crippen molar-refractivity contribution in [3.05, 3.63) is 29.8 Å². The molecule has 1 aliphatic heterocycles. The zero-order valence-corrected chi connectivity index (χ0v) is 12.4. The summed E-state index contributed by atoms with van der Waals surface area (Å²) in [6, 6.07) is 6.86. The van der Waals surface area contributed by atoms with Crippen molar-refractivity contribution in [2.45, 2.75) is 13.0 Å². The summed E-state index contributed by atoms with van der Waals surface area (Å²) >= 11 is 0. The maximum absolute atomic E-state index is 12.1. The molecule has 1 aromatic rings. The second kappa shape index (κ2) is 7.19. The maximum atomic E-state index is 12.1. The maximum Gasteiger partial charge on any atom is 0.251 e. The van der Waals surface area contributed by atoms with Gasteiger partial charge >= 0.3 is 0 Å². The first-order chi connectivity index (χ1) is 10.0. The van der Waals surface area contributed by atoms with Crippen LogP contribution >= 0.6 is 0 Å². The van der Waals surface area contributed by atoms with Gasteiger partial charge in [-0.1, -0.05) is 6.07 Å². The van der Waals surface area contributed by atoms with Crippen molar-refractivity contribution in [2.75, 3.05) is 38.6 Å². The lowest BCUT2D eigenvalue weighted by Crippen LogP contribution is -2.45. The van der Waals surface area contributed by atoms with Gasteiger partial charge in [-0.15, -0.1) is 0 Å². The van der Waals surface area contributed by atoms with Gasteiger partial charge in [-0.3, -0.25) is 9.59 Å². The molecule has 0 spiro atoms. The molecule has 1 heterocycles. The number of morpholine rings is 1. The summed E-state index contributed by atoms with van der Waals surface area (Å²) < 4.78 is 5.60. The summed E-state index contributed by atoms with van der Waals surface area (Å²) in [5.74, 6) is -0.328. The topological polar surface area (TPSA) is 70.7 Å². The number of hydrogen-bond donors (Lipinski definition) is 2. The van der Waals surface area contributed by atoms with E-state index in [4.69, 9.17) is 4.74 Å². The van der Waals surface area contributed by atoms with Crippen LogP contribution in [0, 0.1) is 0 Å². The minimum absolute atomic E-state index is 0.0197. The monoisotopic (exact) mass is 291 g/mol. The van der Waals surface area contributed by atoms with Crippen LogP contribution < -0.4 is 10.6 Å². The van der Waals surface area contributed by atoms with E-state index in [0.717, 1.165) is 13.1 Å². The van der Waals surface area contributed by atoms with Crippen LogP contribution in [0.2, 0.25) is 0 Å². The molecule has 1 atom stereocenters. The Morgan fingerprint density at radius 2 is 2.24 bits per heavy atom. The Morgan fingerprint density at radius 3 is 2.95 bits per heavy atom. The molecule has 2 N–H and O–H groups in total. The molecule has 2 rings (SSSR count). The molecule has 114 valence electrons. The Kier molecular flexibility index (Phi) is 5.30. The largest absolute Gasteiger partial charge is 0.374 e. The van der Waals surface area contributed by atoms with Crippen LogP contribution in [0.5, 0.6) is 0 Å². The van der Waals surface area contributed by atoms with Crippen LogP contribution in [0.4, 0.5) is 5.69 Å². The third kappa shape index (κ3) is 4.84. The summed E-state index contributed by atoms with van der Waals surface area (Å²) in [6.07, 6.45) is 0.0197. The first-order valence-electron chi connectivity index (χ1n) is 7.00. The highest BCUT2D eigenvalue weighted by Crippen LogP contribution is 2.10. The van der Waals surface area contributed by atoms with Gasteiger partial charge in [-0.05, 0) is 25.2 Å². The minimum atomic E-state index is -0.168. The van der Waals surface area contributed by atoms with Crippen molar-refractivity contribution in [1.82, 2.24) is 10.2 Å². The first-order valence-corrected chi connectivity index (χ1v) is 7.00. The average molecular weight is 291 g/mol. The van der Waals surface area contributed by atoms with Crippen molar-refractivity contribution in [3.8, 4) is 0 Å². The number of benzene rings is 1. The Labute approximate surface area is 124 Å². The normalized spacial score (nSPS) is 19.0. The fraction of sp³-hybridized carbons (Fsp3) is 0.467. The van der Waals surface area contributed by atoms with E-state index in [1.807, 2.05) is 7.05 Å². The van der Waals surface area contributed by atoms with Gasteiger partial charge in [0, 0.05) is 37.8 Å². The fourth-order valence-electron chi connectivity index (χ4n) is 2.24. The second-order valence-corrected chi connectivity index (χ2v) is 5.23. The number of carbonyl (C=O) groups is 2. The molecule has 1 aliphatic rings. The SMILES string of the molecule is CC(=O)Nc1cccc(C(=O)NCC2CN(C)CCO2)c1. The molecule has 0 radical (unpaired) electrons. The molecule has 21 heavy (non-hydrogen) atoms. The molecule has 0 bridgehead atoms. The smallest absolute Gasteiger partial charge is 0.251 e. The van der Waals surface area contributed by atoms with Crippen molar-refractivity contribution < 1.29 is 14.3 Å². The molecule has 6 heteroatoms. The number of carbonyl (C=O) groups excluding carboxylic acids is 2. The van der Waals surface area contributed by atoms with E-state index in [-0.39, 0.29) is 17.9 Å². The van der Waals surface area contributed by atoms with Gasteiger partial charge in [-0.25, -0.2) is 0 Å². The number of amides is 2. The summed E-state index contributed by atoms with van der Waals surface area (Å²) in [5.41, 5.74) is 1.13. The van der Waals surface area contributed by atoms with Crippen molar-refractivity contribution in [2.24, 2.45) is 0 Å². The van der Waals surface area contributed by atoms with Gasteiger partial charge in [0.1, 0.15) is 0 Å². The van der Waals surface area contributed by atoms with Crippen molar-refractivity contribution in [3.63, 3.8) is 0 Å². The summed E-state index contributed by atoms with van der Waals surface area (Å²) in [7, 11) is 2.04. The van der Waals surface area contributed by atoms with Gasteiger partial charge in [0.15, 0.2) is 0 Å². The number of nitrogens with one attached hydrogen (secondary N) is 2. The highest BCUT2D eigenvalue weighted by atomic mass is 16.5. The Hall–Kier alpha value is -1.92. The van der Waals surface area contributed by atoms with Crippen LogP contribution in [0.1, 0.15) is 17.3 Å². The van der Waals surface area contributed by atoms with Gasteiger partial charge < -0.3 is 20.3 Å². The highest BCUT2D eigenvalue weighted by Gasteiger charge is 2.18. The number of nitrogens with zero attached hydrogens (tertiary/aromatic N) is 1. The third-order valence-electron chi connectivity index (χ3n) is 3.28. The number of hydrogen-bond acceptors (Lipinski definition) is 4. The summed E-state index contributed by atoms with van der Waals surface area (Å²) in [6.45, 7) is 4.33. The molecule has 0 aromatic heterocycles. The van der Waals surface area contributed by atoms with E-state index < -0.39 is 0 Å². The molecule has 1 saturated heterocycles. The molecular formula is C15H21N3O3. The van der Waals surface area contributed by atoms with E-state index in [1.165, 1.54) is 6.92 Å². The van der Waals surface area contributed by atoms with Gasteiger partial charge in [0.05, 0.1) is 12.7 Å². The van der Waals surface area contributed by atoms with Gasteiger partial charge in [0.25, 0.3) is 5.91 Å². The lowest BCUT2D eigenvalue weighted by molar-refractivity contribution is -0.114. The highest BCUT2D eigenvalue weighted by molar-refractivity contribution is 5.96. The van der Waals surface area contributed by atoms with Crippen LogP contribution in [0.3, 0.4) is 0 Å². The van der Waals surface area contributed by atoms with Crippen LogP contribution in [0.15, 0.2) is 24.3 Å². The number of ether oxygens (including phenoxy) is 1. The molecular weight excluding hydrogens is 270 g/mol. The van der Waals surface area contributed by atoms with E-state index in [9.17, 15) is 9.59 Å². The summed E-state index contributed by atoms with van der Waals surface area (Å²) in [5, 5.41) is 5.53. The van der Waals surface area contributed by atoms with E-state index in [0.29, 0.717) is 24.4 Å². The molecule has 0 saturated carbocycles. The fourth-order valence-corrected chi connectivity index (χ4v) is 2.24. The lowest BCUT2D eigenvalue weighted by atomic mass is 10.2. The zero-order valence-electron chi connectivity index (χ0n) is 12.4. The van der Waals surface area contributed by atoms with Crippen molar-refractivity contribution in [1.29, 1.82) is 0 Å². The predicted octanol–water partition coefficient (Wildman–Crippen LogP) is 0.705. The predicted molar refractivity (Wildman–Crippen MR) is 80.3 cm³/mol. The number of anilines is 1. The zero-order chi connectivity index (χ0) is 15.2. The quantitative estimate of drug-likeness (QED) is 0.857. The Balaban J connectivity index is 1.89. The molecule has 1 unspecified atom stereocenters. The molecule has 2 amide bonds. The molecule has 0 aliphatic carbocycles. The van der Waals surface area contributed by atoms with E-state index in [2.05, 4.69) is 15.5 Å². The van der Waals surface area contributed by atoms with E-state index >= 15 is 0 Å². The molecule has 1 aromatic carbocycles. The Morgan fingerprint density at radius 1 is 1.43 bits per heavy atom. The van der Waals surface area contributed by atoms with Crippen LogP contribution in [-0.4, -0.2) is 56.1 Å². The lowest BCUT2D eigenvalue weighted by Gasteiger charge is -2.30.